The quantitative estimate of drug-likeness (QED) is 0.595. The van der Waals surface area contributed by atoms with Gasteiger partial charge >= 0.3 is 0 Å². The van der Waals surface area contributed by atoms with Crippen LogP contribution in [-0.4, -0.2) is 15.6 Å². The van der Waals surface area contributed by atoms with Crippen LogP contribution in [0.15, 0.2) is 42.7 Å². The summed E-state index contributed by atoms with van der Waals surface area (Å²) in [5.74, 6) is 0.00820. The SMILES string of the molecule is Cc1ccc(C(=O)/C=C/c2cnn(C)c2)cc1. The number of rotatable bonds is 3. The highest BCUT2D eigenvalue weighted by atomic mass is 16.1. The van der Waals surface area contributed by atoms with Crippen molar-refractivity contribution in [3.8, 4) is 0 Å². The second-order valence-electron chi connectivity index (χ2n) is 4.01. The van der Waals surface area contributed by atoms with E-state index in [0.29, 0.717) is 5.56 Å². The van der Waals surface area contributed by atoms with Gasteiger partial charge in [-0.15, -0.1) is 0 Å². The Morgan fingerprint density at radius 3 is 2.59 bits per heavy atom. The maximum Gasteiger partial charge on any atom is 0.185 e. The third kappa shape index (κ3) is 2.91. The molecule has 0 spiro atoms. The number of allylic oxidation sites excluding steroid dienone is 1. The number of nitrogens with zero attached hydrogens (tertiary/aromatic N) is 2. The molecule has 0 aliphatic rings. The zero-order chi connectivity index (χ0) is 12.3. The first-order valence-corrected chi connectivity index (χ1v) is 5.43. The fourth-order valence-corrected chi connectivity index (χ4v) is 1.51. The second-order valence-corrected chi connectivity index (χ2v) is 4.01. The van der Waals surface area contributed by atoms with E-state index in [2.05, 4.69) is 5.10 Å². The van der Waals surface area contributed by atoms with E-state index >= 15 is 0 Å². The molecule has 1 aromatic carbocycles. The van der Waals surface area contributed by atoms with Crippen molar-refractivity contribution in [2.45, 2.75) is 6.92 Å². The molecule has 2 aromatic rings. The molecule has 0 fully saturated rings. The Hall–Kier alpha value is -2.16. The van der Waals surface area contributed by atoms with Gasteiger partial charge in [-0.1, -0.05) is 29.8 Å². The number of ketones is 1. The van der Waals surface area contributed by atoms with Crippen molar-refractivity contribution in [3.63, 3.8) is 0 Å². The molecule has 1 aromatic heterocycles. The molecule has 3 nitrogen and oxygen atoms in total. The van der Waals surface area contributed by atoms with Gasteiger partial charge in [-0.25, -0.2) is 0 Å². The highest BCUT2D eigenvalue weighted by Gasteiger charge is 2.00. The predicted molar refractivity (Wildman–Crippen MR) is 67.8 cm³/mol. The number of hydrogen-bond acceptors (Lipinski definition) is 2. The Morgan fingerprint density at radius 1 is 1.29 bits per heavy atom. The number of carbonyl (C=O) groups excluding carboxylic acids is 1. The van der Waals surface area contributed by atoms with Crippen molar-refractivity contribution < 1.29 is 4.79 Å². The van der Waals surface area contributed by atoms with Crippen LogP contribution in [0.1, 0.15) is 21.5 Å². The van der Waals surface area contributed by atoms with E-state index < -0.39 is 0 Å². The van der Waals surface area contributed by atoms with Gasteiger partial charge < -0.3 is 0 Å². The monoisotopic (exact) mass is 226 g/mol. The average molecular weight is 226 g/mol. The molecule has 0 amide bonds. The summed E-state index contributed by atoms with van der Waals surface area (Å²) in [6.45, 7) is 2.00. The van der Waals surface area contributed by atoms with Crippen LogP contribution >= 0.6 is 0 Å². The summed E-state index contributed by atoms with van der Waals surface area (Å²) in [6.07, 6.45) is 6.93. The average Bonchev–Trinajstić information content (AvgIpc) is 2.73. The third-order valence-electron chi connectivity index (χ3n) is 2.49. The maximum absolute atomic E-state index is 11.8. The van der Waals surface area contributed by atoms with Crippen molar-refractivity contribution in [2.24, 2.45) is 7.05 Å². The normalized spacial score (nSPS) is 10.9. The van der Waals surface area contributed by atoms with Crippen LogP contribution in [0.2, 0.25) is 0 Å². The van der Waals surface area contributed by atoms with Gasteiger partial charge in [0.05, 0.1) is 6.20 Å². The van der Waals surface area contributed by atoms with Crippen molar-refractivity contribution in [1.82, 2.24) is 9.78 Å². The fourth-order valence-electron chi connectivity index (χ4n) is 1.51. The Balaban J connectivity index is 2.11. The Bertz CT molecular complexity index is 550. The van der Waals surface area contributed by atoms with Crippen LogP contribution in [0, 0.1) is 6.92 Å². The number of aryl methyl sites for hydroxylation is 2. The van der Waals surface area contributed by atoms with Crippen molar-refractivity contribution in [3.05, 3.63) is 59.4 Å². The number of carbonyl (C=O) groups is 1. The first-order valence-electron chi connectivity index (χ1n) is 5.43. The topological polar surface area (TPSA) is 34.9 Å². The van der Waals surface area contributed by atoms with E-state index in [1.807, 2.05) is 44.4 Å². The first-order chi connectivity index (χ1) is 8.15. The van der Waals surface area contributed by atoms with Crippen molar-refractivity contribution >= 4 is 11.9 Å². The maximum atomic E-state index is 11.8. The lowest BCUT2D eigenvalue weighted by molar-refractivity contribution is 0.104. The standard InChI is InChI=1S/C14H14N2O/c1-11-3-6-13(7-4-11)14(17)8-5-12-9-15-16(2)10-12/h3-10H,1-2H3/b8-5+. The van der Waals surface area contributed by atoms with Crippen LogP contribution in [0.25, 0.3) is 6.08 Å². The second kappa shape index (κ2) is 4.78. The van der Waals surface area contributed by atoms with Crippen LogP contribution < -0.4 is 0 Å². The zero-order valence-electron chi connectivity index (χ0n) is 9.92. The molecule has 86 valence electrons. The lowest BCUT2D eigenvalue weighted by Gasteiger charge is -1.96. The van der Waals surface area contributed by atoms with E-state index in [0.717, 1.165) is 11.1 Å². The predicted octanol–water partition coefficient (Wildman–Crippen LogP) is 2.62. The highest BCUT2D eigenvalue weighted by Crippen LogP contribution is 2.06. The Labute approximate surface area is 100 Å². The molecule has 0 saturated heterocycles. The molecule has 0 aliphatic heterocycles. The molecule has 0 N–H and O–H groups in total. The molecule has 0 atom stereocenters. The van der Waals surface area contributed by atoms with E-state index in [9.17, 15) is 4.79 Å². The van der Waals surface area contributed by atoms with Crippen LogP contribution in [0.4, 0.5) is 0 Å². The van der Waals surface area contributed by atoms with E-state index in [-0.39, 0.29) is 5.78 Å². The molecular weight excluding hydrogens is 212 g/mol. The zero-order valence-corrected chi connectivity index (χ0v) is 9.92. The van der Waals surface area contributed by atoms with Gasteiger partial charge in [0.25, 0.3) is 0 Å². The molecule has 0 saturated carbocycles. The summed E-state index contributed by atoms with van der Waals surface area (Å²) in [5, 5.41) is 4.03. The molecule has 2 rings (SSSR count). The molecule has 0 unspecified atom stereocenters. The molecule has 0 aliphatic carbocycles. The largest absolute Gasteiger partial charge is 0.289 e. The summed E-state index contributed by atoms with van der Waals surface area (Å²) >= 11 is 0. The van der Waals surface area contributed by atoms with Gasteiger partial charge in [-0.05, 0) is 19.1 Å². The summed E-state index contributed by atoms with van der Waals surface area (Å²) in [7, 11) is 1.85. The van der Waals surface area contributed by atoms with E-state index in [1.165, 1.54) is 0 Å². The van der Waals surface area contributed by atoms with Crippen molar-refractivity contribution in [2.75, 3.05) is 0 Å². The number of aromatic nitrogens is 2. The summed E-state index contributed by atoms with van der Waals surface area (Å²) in [4.78, 5) is 11.8. The van der Waals surface area contributed by atoms with Gasteiger partial charge in [0.1, 0.15) is 0 Å². The lowest BCUT2D eigenvalue weighted by atomic mass is 10.1. The Morgan fingerprint density at radius 2 is 2.00 bits per heavy atom. The molecule has 17 heavy (non-hydrogen) atoms. The van der Waals surface area contributed by atoms with E-state index in [1.54, 1.807) is 23.0 Å². The summed E-state index contributed by atoms with van der Waals surface area (Å²) in [5.41, 5.74) is 2.78. The minimum absolute atomic E-state index is 0.00820. The molecule has 3 heteroatoms. The summed E-state index contributed by atoms with van der Waals surface area (Å²) in [6, 6.07) is 7.55. The summed E-state index contributed by atoms with van der Waals surface area (Å²) < 4.78 is 1.70. The van der Waals surface area contributed by atoms with Gasteiger partial charge in [-0.2, -0.15) is 5.10 Å². The minimum Gasteiger partial charge on any atom is -0.289 e. The highest BCUT2D eigenvalue weighted by molar-refractivity contribution is 6.06. The van der Waals surface area contributed by atoms with E-state index in [4.69, 9.17) is 0 Å². The van der Waals surface area contributed by atoms with Gasteiger partial charge in [-0.3, -0.25) is 9.48 Å². The van der Waals surface area contributed by atoms with Gasteiger partial charge in [0.2, 0.25) is 0 Å². The lowest BCUT2D eigenvalue weighted by Crippen LogP contribution is -1.93. The van der Waals surface area contributed by atoms with Gasteiger partial charge in [0.15, 0.2) is 5.78 Å². The first kappa shape index (κ1) is 11.3. The molecule has 1 heterocycles. The third-order valence-corrected chi connectivity index (χ3v) is 2.49. The molecular formula is C14H14N2O. The number of hydrogen-bond donors (Lipinski definition) is 0. The van der Waals surface area contributed by atoms with Gasteiger partial charge in [0, 0.05) is 24.4 Å². The molecule has 0 radical (unpaired) electrons. The van der Waals surface area contributed by atoms with Crippen LogP contribution in [0.3, 0.4) is 0 Å². The fraction of sp³-hybridized carbons (Fsp3) is 0.143. The van der Waals surface area contributed by atoms with Crippen LogP contribution in [0.5, 0.6) is 0 Å². The smallest absolute Gasteiger partial charge is 0.185 e. The number of benzene rings is 1. The Kier molecular flexibility index (Phi) is 3.19. The van der Waals surface area contributed by atoms with Crippen LogP contribution in [-0.2, 0) is 7.05 Å². The van der Waals surface area contributed by atoms with Crippen molar-refractivity contribution in [1.29, 1.82) is 0 Å². The molecule has 0 bridgehead atoms. The minimum atomic E-state index is 0.00820.